The van der Waals surface area contributed by atoms with Crippen LogP contribution in [0.2, 0.25) is 0 Å². The van der Waals surface area contributed by atoms with Crippen LogP contribution in [0.15, 0.2) is 0 Å². The molecule has 0 aromatic heterocycles. The first-order valence-corrected chi connectivity index (χ1v) is 7.68. The molecule has 0 unspecified atom stereocenters. The summed E-state index contributed by atoms with van der Waals surface area (Å²) in [6.07, 6.45) is 5.44. The third-order valence-corrected chi connectivity index (χ3v) is 5.15. The lowest BCUT2D eigenvalue weighted by atomic mass is 9.71. The molecular weight excluding hydrogens is 224 g/mol. The zero-order chi connectivity index (χ0) is 13.2. The molecule has 1 aliphatic carbocycles. The van der Waals surface area contributed by atoms with Gasteiger partial charge in [0, 0.05) is 18.7 Å². The van der Waals surface area contributed by atoms with Crippen molar-refractivity contribution in [1.29, 1.82) is 0 Å². The van der Waals surface area contributed by atoms with E-state index in [1.54, 1.807) is 0 Å². The Hall–Kier alpha value is -0.120. The SMILES string of the molecule is CCOC1CC(CN)(N2CCC(C(C)C)CC2)C1. The molecule has 3 nitrogen and oxygen atoms in total. The summed E-state index contributed by atoms with van der Waals surface area (Å²) >= 11 is 0. The van der Waals surface area contributed by atoms with E-state index in [-0.39, 0.29) is 5.54 Å². The second-order valence-corrected chi connectivity index (χ2v) is 6.48. The van der Waals surface area contributed by atoms with Gasteiger partial charge in [0.2, 0.25) is 0 Å². The average Bonchev–Trinajstić information content (AvgIpc) is 2.33. The molecule has 2 rings (SSSR count). The van der Waals surface area contributed by atoms with Gasteiger partial charge in [-0.25, -0.2) is 0 Å². The van der Waals surface area contributed by atoms with Crippen LogP contribution in [0.3, 0.4) is 0 Å². The van der Waals surface area contributed by atoms with E-state index in [1.807, 2.05) is 0 Å². The van der Waals surface area contributed by atoms with Gasteiger partial charge in [0.15, 0.2) is 0 Å². The van der Waals surface area contributed by atoms with Crippen molar-refractivity contribution >= 4 is 0 Å². The van der Waals surface area contributed by atoms with E-state index in [0.717, 1.165) is 37.8 Å². The lowest BCUT2D eigenvalue weighted by molar-refractivity contribution is -0.109. The standard InChI is InChI=1S/C15H30N2O/c1-4-18-14-9-15(10-14,11-16)17-7-5-13(6-8-17)12(2)3/h12-14H,4-11,16H2,1-3H3. The molecule has 0 bridgehead atoms. The maximum absolute atomic E-state index is 6.06. The Labute approximate surface area is 112 Å². The first kappa shape index (κ1) is 14.3. The quantitative estimate of drug-likeness (QED) is 0.818. The Kier molecular flexibility index (Phi) is 4.68. The number of piperidine rings is 1. The Morgan fingerprint density at radius 1 is 1.28 bits per heavy atom. The van der Waals surface area contributed by atoms with E-state index in [1.165, 1.54) is 25.9 Å². The fourth-order valence-electron chi connectivity index (χ4n) is 3.74. The molecule has 0 aromatic rings. The molecule has 1 saturated carbocycles. The minimum Gasteiger partial charge on any atom is -0.378 e. The van der Waals surface area contributed by atoms with Gasteiger partial charge in [0.05, 0.1) is 6.10 Å². The van der Waals surface area contributed by atoms with Crippen LogP contribution in [0.25, 0.3) is 0 Å². The Balaban J connectivity index is 1.84. The molecule has 1 saturated heterocycles. The molecule has 1 heterocycles. The summed E-state index contributed by atoms with van der Waals surface area (Å²) in [4.78, 5) is 2.65. The number of nitrogens with zero attached hydrogens (tertiary/aromatic N) is 1. The van der Waals surface area contributed by atoms with Crippen LogP contribution < -0.4 is 5.73 Å². The predicted molar refractivity (Wildman–Crippen MR) is 75.6 cm³/mol. The molecule has 0 aromatic carbocycles. The topological polar surface area (TPSA) is 38.5 Å². The van der Waals surface area contributed by atoms with E-state index in [4.69, 9.17) is 10.5 Å². The van der Waals surface area contributed by atoms with E-state index in [2.05, 4.69) is 25.7 Å². The van der Waals surface area contributed by atoms with Crippen molar-refractivity contribution in [3.05, 3.63) is 0 Å². The van der Waals surface area contributed by atoms with Gasteiger partial charge >= 0.3 is 0 Å². The number of ether oxygens (including phenoxy) is 1. The van der Waals surface area contributed by atoms with Crippen LogP contribution in [0.4, 0.5) is 0 Å². The highest BCUT2D eigenvalue weighted by molar-refractivity contribution is 5.05. The normalized spacial score (nSPS) is 34.8. The number of hydrogen-bond donors (Lipinski definition) is 1. The highest BCUT2D eigenvalue weighted by Gasteiger charge is 2.48. The van der Waals surface area contributed by atoms with Gasteiger partial charge in [-0.2, -0.15) is 0 Å². The first-order valence-electron chi connectivity index (χ1n) is 7.68. The lowest BCUT2D eigenvalue weighted by Gasteiger charge is -2.55. The molecule has 2 N–H and O–H groups in total. The number of likely N-dealkylation sites (tertiary alicyclic amines) is 1. The molecule has 0 atom stereocenters. The summed E-state index contributed by atoms with van der Waals surface area (Å²) in [5.74, 6) is 1.75. The van der Waals surface area contributed by atoms with Crippen molar-refractivity contribution in [3.63, 3.8) is 0 Å². The van der Waals surface area contributed by atoms with Crippen molar-refractivity contribution in [1.82, 2.24) is 4.90 Å². The van der Waals surface area contributed by atoms with Crippen LogP contribution in [-0.2, 0) is 4.74 Å². The molecule has 1 aliphatic heterocycles. The molecule has 3 heteroatoms. The van der Waals surface area contributed by atoms with Crippen molar-refractivity contribution in [2.45, 2.75) is 58.1 Å². The van der Waals surface area contributed by atoms with Crippen molar-refractivity contribution in [2.24, 2.45) is 17.6 Å². The summed E-state index contributed by atoms with van der Waals surface area (Å²) in [7, 11) is 0. The zero-order valence-corrected chi connectivity index (χ0v) is 12.3. The summed E-state index contributed by atoms with van der Waals surface area (Å²) < 4.78 is 5.70. The Morgan fingerprint density at radius 3 is 2.33 bits per heavy atom. The fourth-order valence-corrected chi connectivity index (χ4v) is 3.74. The minimum atomic E-state index is 0.266. The third kappa shape index (κ3) is 2.73. The summed E-state index contributed by atoms with van der Waals surface area (Å²) in [5, 5.41) is 0. The van der Waals surface area contributed by atoms with Gasteiger partial charge in [-0.15, -0.1) is 0 Å². The molecule has 0 radical (unpaired) electrons. The van der Waals surface area contributed by atoms with Crippen LogP contribution in [0.1, 0.15) is 46.5 Å². The van der Waals surface area contributed by atoms with Crippen molar-refractivity contribution < 1.29 is 4.74 Å². The van der Waals surface area contributed by atoms with E-state index in [0.29, 0.717) is 6.10 Å². The molecule has 18 heavy (non-hydrogen) atoms. The Morgan fingerprint density at radius 2 is 1.89 bits per heavy atom. The van der Waals surface area contributed by atoms with Crippen LogP contribution in [0.5, 0.6) is 0 Å². The van der Waals surface area contributed by atoms with Gasteiger partial charge in [0.25, 0.3) is 0 Å². The zero-order valence-electron chi connectivity index (χ0n) is 12.3. The van der Waals surface area contributed by atoms with E-state index in [9.17, 15) is 0 Å². The minimum absolute atomic E-state index is 0.266. The van der Waals surface area contributed by atoms with Gasteiger partial charge in [0.1, 0.15) is 0 Å². The summed E-state index contributed by atoms with van der Waals surface area (Å²) in [6, 6.07) is 0. The van der Waals surface area contributed by atoms with Gasteiger partial charge in [-0.1, -0.05) is 13.8 Å². The van der Waals surface area contributed by atoms with Gasteiger partial charge < -0.3 is 10.5 Å². The molecular formula is C15H30N2O. The van der Waals surface area contributed by atoms with Crippen molar-refractivity contribution in [3.8, 4) is 0 Å². The van der Waals surface area contributed by atoms with E-state index >= 15 is 0 Å². The molecule has 0 amide bonds. The molecule has 2 aliphatic rings. The smallest absolute Gasteiger partial charge is 0.0611 e. The average molecular weight is 254 g/mol. The van der Waals surface area contributed by atoms with Crippen LogP contribution in [0, 0.1) is 11.8 Å². The van der Waals surface area contributed by atoms with Gasteiger partial charge in [-0.05, 0) is 57.5 Å². The third-order valence-electron chi connectivity index (χ3n) is 5.15. The fraction of sp³-hybridized carbons (Fsp3) is 1.00. The number of rotatable bonds is 5. The summed E-state index contributed by atoms with van der Waals surface area (Å²) in [6.45, 7) is 10.9. The Bertz CT molecular complexity index is 253. The molecule has 0 spiro atoms. The first-order chi connectivity index (χ1) is 8.61. The number of nitrogens with two attached hydrogens (primary N) is 1. The second-order valence-electron chi connectivity index (χ2n) is 6.48. The number of hydrogen-bond acceptors (Lipinski definition) is 3. The second kappa shape index (κ2) is 5.89. The predicted octanol–water partition coefficient (Wildman–Crippen LogP) is 2.25. The van der Waals surface area contributed by atoms with E-state index < -0.39 is 0 Å². The monoisotopic (exact) mass is 254 g/mol. The summed E-state index contributed by atoms with van der Waals surface area (Å²) in [5.41, 5.74) is 6.32. The highest BCUT2D eigenvalue weighted by Crippen LogP contribution is 2.41. The van der Waals surface area contributed by atoms with Crippen LogP contribution in [-0.4, -0.2) is 42.8 Å². The molecule has 106 valence electrons. The lowest BCUT2D eigenvalue weighted by Crippen LogP contribution is -2.65. The maximum Gasteiger partial charge on any atom is 0.0611 e. The molecule has 2 fully saturated rings. The highest BCUT2D eigenvalue weighted by atomic mass is 16.5. The maximum atomic E-state index is 6.06. The van der Waals surface area contributed by atoms with Gasteiger partial charge in [-0.3, -0.25) is 4.90 Å². The van der Waals surface area contributed by atoms with Crippen LogP contribution >= 0.6 is 0 Å². The largest absolute Gasteiger partial charge is 0.378 e. The van der Waals surface area contributed by atoms with Crippen molar-refractivity contribution in [2.75, 3.05) is 26.2 Å².